The summed E-state index contributed by atoms with van der Waals surface area (Å²) < 4.78 is 0. The summed E-state index contributed by atoms with van der Waals surface area (Å²) in [7, 11) is 0. The van der Waals surface area contributed by atoms with Crippen LogP contribution in [0.1, 0.15) is 0 Å². The molecule has 0 aliphatic heterocycles. The average molecular weight is 614 g/mol. The van der Waals surface area contributed by atoms with Gasteiger partial charge in [-0.2, -0.15) is 0 Å². The quantitative estimate of drug-likeness (QED) is 0.181. The van der Waals surface area contributed by atoms with Crippen LogP contribution >= 0.6 is 0 Å². The number of rotatable bonds is 5. The van der Waals surface area contributed by atoms with Crippen molar-refractivity contribution in [3.8, 4) is 56.3 Å². The van der Waals surface area contributed by atoms with E-state index >= 15 is 0 Å². The first-order valence-electron chi connectivity index (χ1n) is 15.9. The van der Waals surface area contributed by atoms with Crippen molar-refractivity contribution < 1.29 is 0 Å². The van der Waals surface area contributed by atoms with Gasteiger partial charge in [0, 0.05) is 34.9 Å². The van der Waals surface area contributed by atoms with Crippen LogP contribution < -0.4 is 0 Å². The van der Waals surface area contributed by atoms with E-state index < -0.39 is 0 Å². The number of fused-ring (bicyclic) bond motifs is 4. The van der Waals surface area contributed by atoms with Gasteiger partial charge in [-0.15, -0.1) is 0 Å². The fourth-order valence-electron chi connectivity index (χ4n) is 6.48. The molecule has 0 amide bonds. The molecule has 5 heterocycles. The maximum atomic E-state index is 5.15. The van der Waals surface area contributed by atoms with E-state index in [9.17, 15) is 0 Å². The second-order valence-electron chi connectivity index (χ2n) is 11.7. The largest absolute Gasteiger partial charge is 0.255 e. The Morgan fingerprint density at radius 3 is 1.58 bits per heavy atom. The molecule has 0 atom stereocenters. The maximum absolute atomic E-state index is 5.15. The Balaban J connectivity index is 1.12. The predicted molar refractivity (Wildman–Crippen MR) is 195 cm³/mol. The van der Waals surface area contributed by atoms with Crippen LogP contribution in [0.5, 0.6) is 0 Å². The molecule has 0 unspecified atom stereocenters. The second kappa shape index (κ2) is 11.6. The normalized spacial score (nSPS) is 11.3. The second-order valence-corrected chi connectivity index (χ2v) is 11.7. The highest BCUT2D eigenvalue weighted by atomic mass is 14.8. The molecule has 0 aliphatic carbocycles. The van der Waals surface area contributed by atoms with E-state index in [1.54, 1.807) is 12.4 Å². The van der Waals surface area contributed by atoms with Gasteiger partial charge >= 0.3 is 0 Å². The lowest BCUT2D eigenvalue weighted by molar-refractivity contribution is 1.22. The SMILES string of the molecule is c1ccc(-c2cc(-c3ccc(-c4ccc(-c5ccc6ccc7cccnc7c6n5)c5ccccc45)cc3)cc(-c3ccccn3)n2)nc1. The topological polar surface area (TPSA) is 64.5 Å². The van der Waals surface area contributed by atoms with Crippen molar-refractivity contribution in [2.75, 3.05) is 0 Å². The van der Waals surface area contributed by atoms with E-state index in [-0.39, 0.29) is 0 Å². The number of hydrogen-bond acceptors (Lipinski definition) is 5. The predicted octanol–water partition coefficient (Wildman–Crippen LogP) is 10.5. The Hall–Kier alpha value is -6.59. The van der Waals surface area contributed by atoms with Crippen LogP contribution in [0, 0.1) is 0 Å². The smallest absolute Gasteiger partial charge is 0.0972 e. The van der Waals surface area contributed by atoms with Gasteiger partial charge < -0.3 is 0 Å². The summed E-state index contributed by atoms with van der Waals surface area (Å²) in [6.45, 7) is 0. The summed E-state index contributed by atoms with van der Waals surface area (Å²) in [6, 6.07) is 50.2. The third-order valence-electron chi connectivity index (χ3n) is 8.84. The van der Waals surface area contributed by atoms with Crippen LogP contribution in [0.15, 0.2) is 164 Å². The summed E-state index contributed by atoms with van der Waals surface area (Å²) in [4.78, 5) is 23.9. The highest BCUT2D eigenvalue weighted by Gasteiger charge is 2.14. The Morgan fingerprint density at radius 2 is 0.896 bits per heavy atom. The Kier molecular flexibility index (Phi) is 6.72. The molecule has 0 radical (unpaired) electrons. The summed E-state index contributed by atoms with van der Waals surface area (Å²) in [5.41, 5.74) is 11.6. The summed E-state index contributed by atoms with van der Waals surface area (Å²) in [6.07, 6.45) is 5.42. The van der Waals surface area contributed by atoms with Gasteiger partial charge in [0.05, 0.1) is 39.5 Å². The fraction of sp³-hybridized carbons (Fsp3) is 0. The molecule has 0 aliphatic rings. The van der Waals surface area contributed by atoms with Gasteiger partial charge in [0.15, 0.2) is 0 Å². The summed E-state index contributed by atoms with van der Waals surface area (Å²) >= 11 is 0. The molecule has 0 saturated carbocycles. The molecule has 0 saturated heterocycles. The van der Waals surface area contributed by atoms with E-state index in [1.165, 1.54) is 10.9 Å². The standard InChI is InChI=1S/C43H27N5/c1-2-10-35-34(9-1)33(20-21-36(35)37-22-19-31-18-17-30-8-7-25-46-42(30)43(31)48-37)29-15-13-28(14-16-29)32-26-40(38-11-3-5-23-44-38)47-41(27-32)39-12-4-6-24-45-39/h1-27H. The zero-order valence-electron chi connectivity index (χ0n) is 25.8. The zero-order chi connectivity index (χ0) is 31.9. The molecule has 0 N–H and O–H groups in total. The Labute approximate surface area is 277 Å². The Bertz CT molecular complexity index is 2540. The van der Waals surface area contributed by atoms with Crippen molar-refractivity contribution in [2.24, 2.45) is 0 Å². The first kappa shape index (κ1) is 27.7. The molecule has 0 fully saturated rings. The van der Waals surface area contributed by atoms with Gasteiger partial charge in [-0.05, 0) is 81.6 Å². The van der Waals surface area contributed by atoms with Crippen molar-refractivity contribution in [3.63, 3.8) is 0 Å². The summed E-state index contributed by atoms with van der Waals surface area (Å²) in [5, 5.41) is 4.51. The monoisotopic (exact) mass is 613 g/mol. The number of benzene rings is 4. The molecule has 0 spiro atoms. The van der Waals surface area contributed by atoms with Crippen LogP contribution in [0.3, 0.4) is 0 Å². The first-order valence-corrected chi connectivity index (χ1v) is 15.9. The van der Waals surface area contributed by atoms with Gasteiger partial charge in [-0.25, -0.2) is 9.97 Å². The van der Waals surface area contributed by atoms with Crippen molar-refractivity contribution in [1.29, 1.82) is 0 Å². The average Bonchev–Trinajstić information content (AvgIpc) is 3.18. The van der Waals surface area contributed by atoms with E-state index in [4.69, 9.17) is 9.97 Å². The number of nitrogens with zero attached hydrogens (tertiary/aromatic N) is 5. The lowest BCUT2D eigenvalue weighted by Gasteiger charge is -2.13. The van der Waals surface area contributed by atoms with Crippen molar-refractivity contribution in [3.05, 3.63) is 164 Å². The molecule has 5 nitrogen and oxygen atoms in total. The number of pyridine rings is 5. The molecule has 48 heavy (non-hydrogen) atoms. The van der Waals surface area contributed by atoms with E-state index in [0.717, 1.165) is 77.9 Å². The van der Waals surface area contributed by atoms with Gasteiger partial charge in [0.1, 0.15) is 0 Å². The first-order chi connectivity index (χ1) is 23.8. The van der Waals surface area contributed by atoms with Gasteiger partial charge in [0.2, 0.25) is 0 Å². The maximum Gasteiger partial charge on any atom is 0.0972 e. The zero-order valence-corrected chi connectivity index (χ0v) is 25.8. The molecule has 0 bridgehead atoms. The highest BCUT2D eigenvalue weighted by molar-refractivity contribution is 6.07. The summed E-state index contributed by atoms with van der Waals surface area (Å²) in [5.74, 6) is 0. The lowest BCUT2D eigenvalue weighted by atomic mass is 9.92. The molecule has 9 aromatic rings. The molecule has 4 aromatic carbocycles. The minimum atomic E-state index is 0.811. The van der Waals surface area contributed by atoms with Crippen LogP contribution in [-0.4, -0.2) is 24.9 Å². The molecular weight excluding hydrogens is 587 g/mol. The van der Waals surface area contributed by atoms with Crippen molar-refractivity contribution in [2.45, 2.75) is 0 Å². The van der Waals surface area contributed by atoms with E-state index in [0.29, 0.717) is 0 Å². The molecule has 5 heteroatoms. The molecular formula is C43H27N5. The van der Waals surface area contributed by atoms with Gasteiger partial charge in [-0.1, -0.05) is 97.1 Å². The van der Waals surface area contributed by atoms with Gasteiger partial charge in [0.25, 0.3) is 0 Å². The van der Waals surface area contributed by atoms with Crippen LogP contribution in [0.2, 0.25) is 0 Å². The Morgan fingerprint density at radius 1 is 0.312 bits per heavy atom. The minimum Gasteiger partial charge on any atom is -0.255 e. The van der Waals surface area contributed by atoms with Crippen LogP contribution in [0.4, 0.5) is 0 Å². The molecule has 5 aromatic heterocycles. The minimum absolute atomic E-state index is 0.811. The van der Waals surface area contributed by atoms with Crippen molar-refractivity contribution in [1.82, 2.24) is 24.9 Å². The van der Waals surface area contributed by atoms with E-state index in [1.807, 2.05) is 48.7 Å². The van der Waals surface area contributed by atoms with Gasteiger partial charge in [-0.3, -0.25) is 15.0 Å². The van der Waals surface area contributed by atoms with Crippen LogP contribution in [-0.2, 0) is 0 Å². The fourth-order valence-corrected chi connectivity index (χ4v) is 6.48. The molecule has 9 rings (SSSR count). The number of hydrogen-bond donors (Lipinski definition) is 0. The lowest BCUT2D eigenvalue weighted by Crippen LogP contribution is -1.94. The highest BCUT2D eigenvalue weighted by Crippen LogP contribution is 2.37. The number of aromatic nitrogens is 5. The molecule has 224 valence electrons. The van der Waals surface area contributed by atoms with E-state index in [2.05, 4.69) is 118 Å². The van der Waals surface area contributed by atoms with Crippen LogP contribution in [0.25, 0.3) is 88.9 Å². The third-order valence-corrected chi connectivity index (χ3v) is 8.84. The van der Waals surface area contributed by atoms with Crippen molar-refractivity contribution >= 4 is 32.6 Å². The third kappa shape index (κ3) is 4.95.